The molecule has 0 nitrogen and oxygen atoms in total. The quantitative estimate of drug-likeness (QED) is 0.670. The number of hydrogen-bond acceptors (Lipinski definition) is 0. The van der Waals surface area contributed by atoms with Crippen molar-refractivity contribution in [2.75, 3.05) is 0 Å². The van der Waals surface area contributed by atoms with Gasteiger partial charge in [0.1, 0.15) is 9.52 Å². The first-order chi connectivity index (χ1) is 6.45. The number of rotatable bonds is 2. The van der Waals surface area contributed by atoms with Gasteiger partial charge in [-0.2, -0.15) is 0 Å². The van der Waals surface area contributed by atoms with Crippen LogP contribution >= 0.6 is 0 Å². The first-order valence-corrected chi connectivity index (χ1v) is 5.32. The standard InChI is InChI=1S/C12H10Si.Bi/c1-3-7-11(8-4-1)13-12-9-5-2-6-10-12;/h1-10H;. The summed E-state index contributed by atoms with van der Waals surface area (Å²) in [6.07, 6.45) is 0. The molecular formula is C12H10BiSi. The van der Waals surface area contributed by atoms with Crippen molar-refractivity contribution in [3.63, 3.8) is 0 Å². The van der Waals surface area contributed by atoms with Gasteiger partial charge in [0.2, 0.25) is 0 Å². The predicted molar refractivity (Wildman–Crippen MR) is 63.7 cm³/mol. The Morgan fingerprint density at radius 3 is 1.29 bits per heavy atom. The van der Waals surface area contributed by atoms with Gasteiger partial charge in [0.05, 0.1) is 0 Å². The van der Waals surface area contributed by atoms with Gasteiger partial charge in [-0.3, -0.25) is 0 Å². The molecule has 0 heterocycles. The van der Waals surface area contributed by atoms with E-state index in [1.807, 2.05) is 0 Å². The van der Waals surface area contributed by atoms with Crippen molar-refractivity contribution in [1.82, 2.24) is 0 Å². The van der Waals surface area contributed by atoms with Crippen LogP contribution in [-0.4, -0.2) is 35.7 Å². The van der Waals surface area contributed by atoms with Crippen LogP contribution in [0.3, 0.4) is 0 Å². The van der Waals surface area contributed by atoms with E-state index in [-0.39, 0.29) is 26.2 Å². The van der Waals surface area contributed by atoms with Crippen LogP contribution in [0.4, 0.5) is 0 Å². The second-order valence-electron chi connectivity index (χ2n) is 2.86. The van der Waals surface area contributed by atoms with E-state index in [4.69, 9.17) is 0 Å². The molecule has 0 N–H and O–H groups in total. The molecule has 0 aliphatic carbocycles. The van der Waals surface area contributed by atoms with Gasteiger partial charge >= 0.3 is 0 Å². The van der Waals surface area contributed by atoms with E-state index >= 15 is 0 Å². The van der Waals surface area contributed by atoms with Crippen molar-refractivity contribution in [2.45, 2.75) is 0 Å². The summed E-state index contributed by atoms with van der Waals surface area (Å²) in [5.41, 5.74) is 0. The Morgan fingerprint density at radius 2 is 0.929 bits per heavy atom. The maximum absolute atomic E-state index is 2.17. The van der Waals surface area contributed by atoms with Gasteiger partial charge in [0, 0.05) is 26.2 Å². The largest absolute Gasteiger partial charge is 0.121 e. The van der Waals surface area contributed by atoms with Crippen molar-refractivity contribution < 1.29 is 0 Å². The first kappa shape index (κ1) is 11.6. The van der Waals surface area contributed by atoms with E-state index in [1.165, 1.54) is 10.4 Å². The third-order valence-electron chi connectivity index (χ3n) is 1.84. The monoisotopic (exact) mass is 391 g/mol. The van der Waals surface area contributed by atoms with Gasteiger partial charge in [-0.1, -0.05) is 71.0 Å². The third kappa shape index (κ3) is 3.36. The van der Waals surface area contributed by atoms with Crippen molar-refractivity contribution in [1.29, 1.82) is 0 Å². The van der Waals surface area contributed by atoms with Crippen LogP contribution < -0.4 is 10.4 Å². The van der Waals surface area contributed by atoms with Crippen LogP contribution in [0.2, 0.25) is 0 Å². The zero-order valence-electron chi connectivity index (χ0n) is 7.72. The van der Waals surface area contributed by atoms with E-state index in [0.717, 1.165) is 9.52 Å². The van der Waals surface area contributed by atoms with Gasteiger partial charge in [-0.25, -0.2) is 0 Å². The van der Waals surface area contributed by atoms with Crippen LogP contribution in [0.25, 0.3) is 0 Å². The molecule has 0 fully saturated rings. The average molecular weight is 391 g/mol. The molecule has 0 unspecified atom stereocenters. The summed E-state index contributed by atoms with van der Waals surface area (Å²) in [7, 11) is 0.777. The van der Waals surface area contributed by atoms with Crippen molar-refractivity contribution in [3.8, 4) is 0 Å². The fourth-order valence-electron chi connectivity index (χ4n) is 1.21. The van der Waals surface area contributed by atoms with E-state index in [1.54, 1.807) is 0 Å². The minimum absolute atomic E-state index is 0. The first-order valence-electron chi connectivity index (χ1n) is 4.32. The number of hydrogen-bond donors (Lipinski definition) is 0. The molecule has 0 aliphatic rings. The molecule has 0 amide bonds. The molecule has 2 heteroatoms. The molecule has 0 spiro atoms. The minimum atomic E-state index is 0. The maximum atomic E-state index is 2.17. The van der Waals surface area contributed by atoms with Gasteiger partial charge < -0.3 is 0 Å². The number of benzene rings is 2. The summed E-state index contributed by atoms with van der Waals surface area (Å²) in [6, 6.07) is 21.2. The van der Waals surface area contributed by atoms with Crippen LogP contribution in [-0.2, 0) is 0 Å². The molecule has 5 radical (unpaired) electrons. The molecular weight excluding hydrogens is 381 g/mol. The SMILES string of the molecule is [Bi].c1ccc([Si]c2ccccc2)cc1. The fraction of sp³-hybridized carbons (Fsp3) is 0. The van der Waals surface area contributed by atoms with E-state index < -0.39 is 0 Å². The molecule has 14 heavy (non-hydrogen) atoms. The van der Waals surface area contributed by atoms with Gasteiger partial charge in [0.25, 0.3) is 0 Å². The Bertz CT molecular complexity index is 321. The Morgan fingerprint density at radius 1 is 0.571 bits per heavy atom. The summed E-state index contributed by atoms with van der Waals surface area (Å²) in [6.45, 7) is 0. The molecule has 0 saturated carbocycles. The van der Waals surface area contributed by atoms with Crippen LogP contribution in [0, 0.1) is 0 Å². The summed E-state index contributed by atoms with van der Waals surface area (Å²) in [5.74, 6) is 0. The molecule has 2 rings (SSSR count). The molecule has 67 valence electrons. The summed E-state index contributed by atoms with van der Waals surface area (Å²) in [4.78, 5) is 0. The van der Waals surface area contributed by atoms with E-state index in [2.05, 4.69) is 60.7 Å². The Balaban J connectivity index is 0.000000980. The van der Waals surface area contributed by atoms with Crippen molar-refractivity contribution in [3.05, 3.63) is 60.7 Å². The normalized spacial score (nSPS) is 9.14. The molecule has 2 aromatic carbocycles. The average Bonchev–Trinajstić information content (AvgIpc) is 2.21. The molecule has 0 atom stereocenters. The predicted octanol–water partition coefficient (Wildman–Crippen LogP) is 0.961. The van der Waals surface area contributed by atoms with E-state index in [0.29, 0.717) is 0 Å². The van der Waals surface area contributed by atoms with Crippen LogP contribution in [0.15, 0.2) is 60.7 Å². The zero-order chi connectivity index (χ0) is 8.93. The minimum Gasteiger partial charge on any atom is -0.0631 e. The van der Waals surface area contributed by atoms with Crippen molar-refractivity contribution >= 4 is 46.1 Å². The second-order valence-corrected chi connectivity index (χ2v) is 4.26. The van der Waals surface area contributed by atoms with Crippen LogP contribution in [0.5, 0.6) is 0 Å². The molecule has 0 aliphatic heterocycles. The van der Waals surface area contributed by atoms with E-state index in [9.17, 15) is 0 Å². The zero-order valence-corrected chi connectivity index (χ0v) is 12.2. The third-order valence-corrected chi connectivity index (χ3v) is 3.08. The van der Waals surface area contributed by atoms with Gasteiger partial charge in [0.15, 0.2) is 0 Å². The molecule has 0 saturated heterocycles. The Hall–Kier alpha value is -0.460. The molecule has 0 bridgehead atoms. The Labute approximate surface area is 106 Å². The smallest absolute Gasteiger partial charge is 0.0631 e. The Kier molecular flexibility index (Phi) is 5.06. The fourth-order valence-corrected chi connectivity index (χ4v) is 2.26. The van der Waals surface area contributed by atoms with Gasteiger partial charge in [-0.05, 0) is 0 Å². The molecule has 2 aromatic rings. The second kappa shape index (κ2) is 6.10. The van der Waals surface area contributed by atoms with Crippen LogP contribution in [0.1, 0.15) is 0 Å². The van der Waals surface area contributed by atoms with Gasteiger partial charge in [-0.15, -0.1) is 0 Å². The summed E-state index contributed by atoms with van der Waals surface area (Å²) in [5, 5.41) is 2.79. The van der Waals surface area contributed by atoms with Crippen molar-refractivity contribution in [2.24, 2.45) is 0 Å². The maximum Gasteiger partial charge on any atom is 0.121 e. The summed E-state index contributed by atoms with van der Waals surface area (Å²) < 4.78 is 0. The summed E-state index contributed by atoms with van der Waals surface area (Å²) >= 11 is 0. The molecule has 0 aromatic heterocycles. The topological polar surface area (TPSA) is 0 Å².